The van der Waals surface area contributed by atoms with Crippen LogP contribution >= 0.6 is 0 Å². The summed E-state index contributed by atoms with van der Waals surface area (Å²) in [5.74, 6) is -1.57. The molecule has 0 aliphatic rings. The summed E-state index contributed by atoms with van der Waals surface area (Å²) in [6, 6.07) is 7.79. The number of rotatable bonds is 8. The summed E-state index contributed by atoms with van der Waals surface area (Å²) in [6.45, 7) is 1.57. The normalized spacial score (nSPS) is 11.2. The van der Waals surface area contributed by atoms with E-state index >= 15 is 0 Å². The van der Waals surface area contributed by atoms with Crippen molar-refractivity contribution in [3.63, 3.8) is 0 Å². The summed E-state index contributed by atoms with van der Waals surface area (Å²) in [5.41, 5.74) is 1.12. The number of carbonyl (C=O) groups is 2. The zero-order chi connectivity index (χ0) is 18.4. The first-order valence-electron chi connectivity index (χ1n) is 7.38. The van der Waals surface area contributed by atoms with E-state index < -0.39 is 28.5 Å². The van der Waals surface area contributed by atoms with Crippen LogP contribution < -0.4 is 5.32 Å². The minimum atomic E-state index is -3.76. The Morgan fingerprint density at radius 2 is 1.88 bits per heavy atom. The second-order valence-electron chi connectivity index (χ2n) is 5.25. The topological polar surface area (TPSA) is 115 Å². The second-order valence-corrected chi connectivity index (χ2v) is 7.09. The first-order valence-corrected chi connectivity index (χ1v) is 8.82. The van der Waals surface area contributed by atoms with Gasteiger partial charge in [0.05, 0.1) is 17.1 Å². The van der Waals surface area contributed by atoms with E-state index in [4.69, 9.17) is 9.84 Å². The molecule has 134 valence electrons. The molecule has 1 aromatic heterocycles. The number of nitrogens with zero attached hydrogens (tertiary/aromatic N) is 1. The van der Waals surface area contributed by atoms with E-state index in [2.05, 4.69) is 5.32 Å². The standard InChI is InChI=1S/C16H18N2O6S/c1-12-2-4-14(5-3-12)25(22,23)18-8-6-13(10-18)16(21)17-7-9-24-11-15(19)20/h2-6,8,10H,7,9,11H2,1H3,(H,17,21)(H,19,20). The van der Waals surface area contributed by atoms with Crippen LogP contribution in [0.4, 0.5) is 0 Å². The molecule has 0 fully saturated rings. The van der Waals surface area contributed by atoms with E-state index in [-0.39, 0.29) is 23.6 Å². The summed E-state index contributed by atoms with van der Waals surface area (Å²) in [4.78, 5) is 22.4. The van der Waals surface area contributed by atoms with Gasteiger partial charge in [-0.1, -0.05) is 17.7 Å². The molecule has 2 N–H and O–H groups in total. The summed E-state index contributed by atoms with van der Waals surface area (Å²) in [5, 5.41) is 10.9. The fraction of sp³-hybridized carbons (Fsp3) is 0.250. The Hall–Kier alpha value is -2.65. The van der Waals surface area contributed by atoms with Crippen LogP contribution in [-0.2, 0) is 19.6 Å². The molecule has 0 atom stereocenters. The zero-order valence-electron chi connectivity index (χ0n) is 13.5. The van der Waals surface area contributed by atoms with Crippen LogP contribution in [0.25, 0.3) is 0 Å². The number of carbonyl (C=O) groups excluding carboxylic acids is 1. The van der Waals surface area contributed by atoms with Crippen LogP contribution in [0.5, 0.6) is 0 Å². The van der Waals surface area contributed by atoms with E-state index in [0.717, 1.165) is 9.54 Å². The van der Waals surface area contributed by atoms with Gasteiger partial charge in [0.25, 0.3) is 15.9 Å². The van der Waals surface area contributed by atoms with Gasteiger partial charge < -0.3 is 15.2 Å². The lowest BCUT2D eigenvalue weighted by molar-refractivity contribution is -0.142. The number of nitrogens with one attached hydrogen (secondary N) is 1. The van der Waals surface area contributed by atoms with Gasteiger partial charge in [-0.2, -0.15) is 0 Å². The lowest BCUT2D eigenvalue weighted by Gasteiger charge is -2.06. The smallest absolute Gasteiger partial charge is 0.329 e. The number of aryl methyl sites for hydroxylation is 1. The van der Waals surface area contributed by atoms with Crippen LogP contribution in [0.3, 0.4) is 0 Å². The van der Waals surface area contributed by atoms with Crippen LogP contribution in [0, 0.1) is 6.92 Å². The van der Waals surface area contributed by atoms with Crippen molar-refractivity contribution in [1.82, 2.24) is 9.29 Å². The van der Waals surface area contributed by atoms with Crippen molar-refractivity contribution in [3.05, 3.63) is 53.9 Å². The maximum atomic E-state index is 12.5. The molecule has 0 unspecified atom stereocenters. The average Bonchev–Trinajstić information content (AvgIpc) is 3.05. The highest BCUT2D eigenvalue weighted by atomic mass is 32.2. The van der Waals surface area contributed by atoms with E-state index in [1.54, 1.807) is 12.1 Å². The molecule has 0 spiro atoms. The molecule has 2 aromatic rings. The monoisotopic (exact) mass is 366 g/mol. The first kappa shape index (κ1) is 18.7. The second kappa shape index (κ2) is 7.95. The number of aliphatic carboxylic acids is 1. The molecule has 0 bridgehead atoms. The van der Waals surface area contributed by atoms with Crippen molar-refractivity contribution >= 4 is 21.9 Å². The van der Waals surface area contributed by atoms with Crippen molar-refractivity contribution < 1.29 is 27.9 Å². The Balaban J connectivity index is 2.00. The van der Waals surface area contributed by atoms with E-state index in [1.807, 2.05) is 6.92 Å². The lowest BCUT2D eigenvalue weighted by atomic mass is 10.2. The predicted molar refractivity (Wildman–Crippen MR) is 89.0 cm³/mol. The van der Waals surface area contributed by atoms with Crippen LogP contribution in [0.2, 0.25) is 0 Å². The number of ether oxygens (including phenoxy) is 1. The van der Waals surface area contributed by atoms with Gasteiger partial charge in [0, 0.05) is 18.9 Å². The fourth-order valence-corrected chi connectivity index (χ4v) is 3.19. The zero-order valence-corrected chi connectivity index (χ0v) is 14.3. The number of carboxylic acid groups (broad SMARTS) is 1. The van der Waals surface area contributed by atoms with Crippen molar-refractivity contribution in [3.8, 4) is 0 Å². The van der Waals surface area contributed by atoms with Crippen LogP contribution in [0.1, 0.15) is 15.9 Å². The van der Waals surface area contributed by atoms with Gasteiger partial charge in [0.1, 0.15) is 6.61 Å². The van der Waals surface area contributed by atoms with E-state index in [9.17, 15) is 18.0 Å². The quantitative estimate of drug-likeness (QED) is 0.670. The number of carboxylic acids is 1. The number of hydrogen-bond donors (Lipinski definition) is 2. The number of hydrogen-bond acceptors (Lipinski definition) is 5. The molecule has 0 radical (unpaired) electrons. The third kappa shape index (κ3) is 4.91. The molecule has 1 heterocycles. The molecule has 1 aromatic carbocycles. The van der Waals surface area contributed by atoms with Crippen molar-refractivity contribution in [1.29, 1.82) is 0 Å². The number of benzene rings is 1. The minimum absolute atomic E-state index is 0.0421. The highest BCUT2D eigenvalue weighted by molar-refractivity contribution is 7.90. The molecule has 0 aliphatic carbocycles. The minimum Gasteiger partial charge on any atom is -0.480 e. The molecular formula is C16H18N2O6S. The molecule has 2 rings (SSSR count). The first-order chi connectivity index (χ1) is 11.8. The number of aromatic nitrogens is 1. The van der Waals surface area contributed by atoms with Crippen molar-refractivity contribution in [2.45, 2.75) is 11.8 Å². The third-order valence-electron chi connectivity index (χ3n) is 3.28. The molecule has 0 saturated heterocycles. The van der Waals surface area contributed by atoms with Crippen LogP contribution in [-0.4, -0.2) is 49.1 Å². The predicted octanol–water partition coefficient (Wildman–Crippen LogP) is 0.865. The summed E-state index contributed by atoms with van der Waals surface area (Å²) < 4.78 is 30.8. The summed E-state index contributed by atoms with van der Waals surface area (Å²) >= 11 is 0. The van der Waals surface area contributed by atoms with Crippen LogP contribution in [0.15, 0.2) is 47.6 Å². The van der Waals surface area contributed by atoms with Gasteiger partial charge in [0.2, 0.25) is 0 Å². The van der Waals surface area contributed by atoms with Gasteiger partial charge in [-0.25, -0.2) is 17.2 Å². The average molecular weight is 366 g/mol. The molecule has 8 nitrogen and oxygen atoms in total. The Bertz CT molecular complexity index is 855. The van der Waals surface area contributed by atoms with Gasteiger partial charge in [-0.15, -0.1) is 0 Å². The maximum Gasteiger partial charge on any atom is 0.329 e. The molecule has 0 saturated carbocycles. The Labute approximate surface area is 145 Å². The number of amides is 1. The largest absolute Gasteiger partial charge is 0.480 e. The summed E-state index contributed by atoms with van der Waals surface area (Å²) in [6.07, 6.45) is 2.52. The fourth-order valence-electron chi connectivity index (χ4n) is 1.99. The molecule has 25 heavy (non-hydrogen) atoms. The Morgan fingerprint density at radius 3 is 2.52 bits per heavy atom. The van der Waals surface area contributed by atoms with E-state index in [0.29, 0.717) is 0 Å². The molecule has 1 amide bonds. The van der Waals surface area contributed by atoms with Gasteiger partial charge in [-0.05, 0) is 25.1 Å². The highest BCUT2D eigenvalue weighted by Crippen LogP contribution is 2.16. The SMILES string of the molecule is Cc1ccc(S(=O)(=O)n2ccc(C(=O)NCCOCC(=O)O)c2)cc1. The van der Waals surface area contributed by atoms with Crippen molar-refractivity contribution in [2.24, 2.45) is 0 Å². The van der Waals surface area contributed by atoms with E-state index in [1.165, 1.54) is 30.6 Å². The third-order valence-corrected chi connectivity index (χ3v) is 4.93. The Kier molecular flexibility index (Phi) is 5.94. The van der Waals surface area contributed by atoms with Gasteiger partial charge in [0.15, 0.2) is 0 Å². The highest BCUT2D eigenvalue weighted by Gasteiger charge is 2.18. The molecular weight excluding hydrogens is 348 g/mol. The van der Waals surface area contributed by atoms with Gasteiger partial charge >= 0.3 is 5.97 Å². The van der Waals surface area contributed by atoms with Gasteiger partial charge in [-0.3, -0.25) is 4.79 Å². The maximum absolute atomic E-state index is 12.5. The molecule has 9 heteroatoms. The summed E-state index contributed by atoms with van der Waals surface area (Å²) in [7, 11) is -3.76. The Morgan fingerprint density at radius 1 is 1.20 bits per heavy atom. The lowest BCUT2D eigenvalue weighted by Crippen LogP contribution is -2.27. The molecule has 0 aliphatic heterocycles. The van der Waals surface area contributed by atoms with Crippen molar-refractivity contribution in [2.75, 3.05) is 19.8 Å².